The summed E-state index contributed by atoms with van der Waals surface area (Å²) in [5, 5.41) is 0. The molecule has 0 aromatic carbocycles. The average Bonchev–Trinajstić information content (AvgIpc) is 2.15. The summed E-state index contributed by atoms with van der Waals surface area (Å²) < 4.78 is 9.45. The molecule has 0 radical (unpaired) electrons. The zero-order valence-electron chi connectivity index (χ0n) is 8.91. The Morgan fingerprint density at radius 1 is 1.14 bits per heavy atom. The SMILES string of the molecule is CCOC(=O)CCN(C)C(=O)OCC. The molecular formula is C9H17NO4. The highest BCUT2D eigenvalue weighted by Gasteiger charge is 2.11. The molecule has 0 bridgehead atoms. The van der Waals surface area contributed by atoms with Gasteiger partial charge in [0.1, 0.15) is 0 Å². The van der Waals surface area contributed by atoms with E-state index in [-0.39, 0.29) is 12.4 Å². The molecular weight excluding hydrogens is 186 g/mol. The summed E-state index contributed by atoms with van der Waals surface area (Å²) in [6.07, 6.45) is -0.222. The molecule has 0 saturated heterocycles. The lowest BCUT2D eigenvalue weighted by Crippen LogP contribution is -2.29. The Labute approximate surface area is 84.0 Å². The van der Waals surface area contributed by atoms with E-state index in [1.165, 1.54) is 4.90 Å². The van der Waals surface area contributed by atoms with Gasteiger partial charge in [0.15, 0.2) is 0 Å². The van der Waals surface area contributed by atoms with Crippen molar-refractivity contribution in [2.75, 3.05) is 26.8 Å². The molecule has 0 fully saturated rings. The lowest BCUT2D eigenvalue weighted by molar-refractivity contribution is -0.143. The molecule has 14 heavy (non-hydrogen) atoms. The van der Waals surface area contributed by atoms with Gasteiger partial charge in [-0.1, -0.05) is 0 Å². The molecule has 0 heterocycles. The topological polar surface area (TPSA) is 55.8 Å². The van der Waals surface area contributed by atoms with Crippen molar-refractivity contribution >= 4 is 12.1 Å². The van der Waals surface area contributed by atoms with Crippen molar-refractivity contribution in [3.8, 4) is 0 Å². The minimum Gasteiger partial charge on any atom is -0.466 e. The average molecular weight is 203 g/mol. The van der Waals surface area contributed by atoms with Crippen LogP contribution in [0.1, 0.15) is 20.3 Å². The molecule has 0 unspecified atom stereocenters. The largest absolute Gasteiger partial charge is 0.466 e. The summed E-state index contributed by atoms with van der Waals surface area (Å²) in [5.41, 5.74) is 0. The Morgan fingerprint density at radius 3 is 2.21 bits per heavy atom. The number of hydrogen-bond acceptors (Lipinski definition) is 4. The molecule has 0 saturated carbocycles. The lowest BCUT2D eigenvalue weighted by atomic mass is 10.4. The Bertz CT molecular complexity index is 193. The van der Waals surface area contributed by atoms with Crippen LogP contribution in [0.4, 0.5) is 4.79 Å². The van der Waals surface area contributed by atoms with Gasteiger partial charge in [-0.15, -0.1) is 0 Å². The molecule has 5 heteroatoms. The van der Waals surface area contributed by atoms with Crippen LogP contribution in [0, 0.1) is 0 Å². The highest BCUT2D eigenvalue weighted by molar-refractivity contribution is 5.71. The Balaban J connectivity index is 3.67. The molecule has 0 atom stereocenters. The quantitative estimate of drug-likeness (QED) is 0.626. The summed E-state index contributed by atoms with van der Waals surface area (Å²) in [6, 6.07) is 0. The van der Waals surface area contributed by atoms with Gasteiger partial charge in [-0.05, 0) is 13.8 Å². The summed E-state index contributed by atoms with van der Waals surface area (Å²) in [5.74, 6) is -0.302. The van der Waals surface area contributed by atoms with Crippen molar-refractivity contribution in [3.63, 3.8) is 0 Å². The molecule has 0 N–H and O–H groups in total. The molecule has 0 spiro atoms. The summed E-state index contributed by atoms with van der Waals surface area (Å²) in [7, 11) is 1.58. The molecule has 0 aromatic heterocycles. The second-order valence-corrected chi connectivity index (χ2v) is 2.68. The van der Waals surface area contributed by atoms with E-state index in [4.69, 9.17) is 9.47 Å². The molecule has 5 nitrogen and oxygen atoms in total. The van der Waals surface area contributed by atoms with Crippen molar-refractivity contribution in [2.45, 2.75) is 20.3 Å². The number of amides is 1. The van der Waals surface area contributed by atoms with E-state index < -0.39 is 6.09 Å². The third-order valence-electron chi connectivity index (χ3n) is 1.54. The summed E-state index contributed by atoms with van der Waals surface area (Å²) >= 11 is 0. The van der Waals surface area contributed by atoms with Gasteiger partial charge >= 0.3 is 12.1 Å². The van der Waals surface area contributed by atoms with Crippen molar-refractivity contribution in [1.29, 1.82) is 0 Å². The van der Waals surface area contributed by atoms with Crippen LogP contribution in [0.5, 0.6) is 0 Å². The maximum absolute atomic E-state index is 11.1. The van der Waals surface area contributed by atoms with Gasteiger partial charge < -0.3 is 14.4 Å². The molecule has 0 aromatic rings. The monoisotopic (exact) mass is 203 g/mol. The Hall–Kier alpha value is -1.26. The van der Waals surface area contributed by atoms with E-state index in [0.717, 1.165) is 0 Å². The molecule has 0 rings (SSSR count). The van der Waals surface area contributed by atoms with E-state index in [1.807, 2.05) is 0 Å². The van der Waals surface area contributed by atoms with Crippen LogP contribution in [0.25, 0.3) is 0 Å². The molecule has 0 aliphatic carbocycles. The fourth-order valence-electron chi connectivity index (χ4n) is 0.817. The second-order valence-electron chi connectivity index (χ2n) is 2.68. The first-order valence-corrected chi connectivity index (χ1v) is 4.65. The smallest absolute Gasteiger partial charge is 0.409 e. The van der Waals surface area contributed by atoms with E-state index in [1.54, 1.807) is 20.9 Å². The zero-order valence-corrected chi connectivity index (χ0v) is 8.91. The summed E-state index contributed by atoms with van der Waals surface area (Å²) in [4.78, 5) is 23.3. The van der Waals surface area contributed by atoms with Crippen molar-refractivity contribution in [2.24, 2.45) is 0 Å². The third-order valence-corrected chi connectivity index (χ3v) is 1.54. The van der Waals surface area contributed by atoms with Crippen LogP contribution >= 0.6 is 0 Å². The number of nitrogens with zero attached hydrogens (tertiary/aromatic N) is 1. The minimum absolute atomic E-state index is 0.198. The lowest BCUT2D eigenvalue weighted by Gasteiger charge is -2.15. The molecule has 1 amide bonds. The first-order valence-electron chi connectivity index (χ1n) is 4.65. The van der Waals surface area contributed by atoms with E-state index in [2.05, 4.69) is 0 Å². The van der Waals surface area contributed by atoms with E-state index >= 15 is 0 Å². The van der Waals surface area contributed by atoms with Crippen LogP contribution in [-0.2, 0) is 14.3 Å². The van der Waals surface area contributed by atoms with Gasteiger partial charge in [0.25, 0.3) is 0 Å². The van der Waals surface area contributed by atoms with Crippen molar-refractivity contribution < 1.29 is 19.1 Å². The maximum Gasteiger partial charge on any atom is 0.409 e. The van der Waals surface area contributed by atoms with Crippen LogP contribution in [0.2, 0.25) is 0 Å². The van der Waals surface area contributed by atoms with Crippen LogP contribution < -0.4 is 0 Å². The molecule has 82 valence electrons. The number of ether oxygens (including phenoxy) is 2. The van der Waals surface area contributed by atoms with Gasteiger partial charge in [0, 0.05) is 13.6 Å². The van der Waals surface area contributed by atoms with E-state index in [9.17, 15) is 9.59 Å². The van der Waals surface area contributed by atoms with Crippen molar-refractivity contribution in [3.05, 3.63) is 0 Å². The van der Waals surface area contributed by atoms with Gasteiger partial charge in [0.2, 0.25) is 0 Å². The van der Waals surface area contributed by atoms with Crippen LogP contribution in [-0.4, -0.2) is 43.8 Å². The van der Waals surface area contributed by atoms with Gasteiger partial charge in [0.05, 0.1) is 19.6 Å². The fraction of sp³-hybridized carbons (Fsp3) is 0.778. The maximum atomic E-state index is 11.1. The predicted molar refractivity (Wildman–Crippen MR) is 50.9 cm³/mol. The number of hydrogen-bond donors (Lipinski definition) is 0. The van der Waals surface area contributed by atoms with Crippen molar-refractivity contribution in [1.82, 2.24) is 4.90 Å². The molecule has 0 aliphatic rings. The number of rotatable bonds is 5. The third kappa shape index (κ3) is 5.40. The van der Waals surface area contributed by atoms with Gasteiger partial charge in [-0.3, -0.25) is 4.79 Å². The standard InChI is InChI=1S/C9H17NO4/c1-4-13-8(11)6-7-10(3)9(12)14-5-2/h4-7H2,1-3H3. The highest BCUT2D eigenvalue weighted by atomic mass is 16.6. The highest BCUT2D eigenvalue weighted by Crippen LogP contribution is 1.94. The van der Waals surface area contributed by atoms with Crippen LogP contribution in [0.3, 0.4) is 0 Å². The van der Waals surface area contributed by atoms with Gasteiger partial charge in [-0.25, -0.2) is 4.79 Å². The Morgan fingerprint density at radius 2 is 1.71 bits per heavy atom. The Kier molecular flexibility index (Phi) is 6.53. The first-order chi connectivity index (χ1) is 6.61. The number of carbonyl (C=O) groups is 2. The zero-order chi connectivity index (χ0) is 11.0. The fourth-order valence-corrected chi connectivity index (χ4v) is 0.817. The second kappa shape index (κ2) is 7.17. The summed E-state index contributed by atoms with van der Waals surface area (Å²) in [6.45, 7) is 4.49. The minimum atomic E-state index is -0.420. The number of esters is 1. The molecule has 0 aliphatic heterocycles. The first kappa shape index (κ1) is 12.7. The normalized spacial score (nSPS) is 9.36. The predicted octanol–water partition coefficient (Wildman–Crippen LogP) is 1.03. The number of carbonyl (C=O) groups excluding carboxylic acids is 2. The van der Waals surface area contributed by atoms with Gasteiger partial charge in [-0.2, -0.15) is 0 Å². The van der Waals surface area contributed by atoms with Crippen LogP contribution in [0.15, 0.2) is 0 Å². The van der Waals surface area contributed by atoms with E-state index in [0.29, 0.717) is 19.8 Å².